The molecule has 0 aliphatic heterocycles. The average molecular weight is 565 g/mol. The smallest absolute Gasteiger partial charge is 0.143 e. The Balaban J connectivity index is 1.55. The van der Waals surface area contributed by atoms with Gasteiger partial charge in [0.2, 0.25) is 0 Å². The zero-order chi connectivity index (χ0) is 44.0. The first-order valence-corrected chi connectivity index (χ1v) is 13.3. The van der Waals surface area contributed by atoms with E-state index in [0.29, 0.717) is 21.5 Å². The minimum absolute atomic E-state index is 0.0257. The van der Waals surface area contributed by atoms with Crippen LogP contribution in [0.3, 0.4) is 0 Å². The molecule has 0 saturated carbocycles. The molecule has 0 fully saturated rings. The lowest BCUT2D eigenvalue weighted by molar-refractivity contribution is 0.670. The van der Waals surface area contributed by atoms with E-state index in [1.54, 1.807) is 48.5 Å². The van der Waals surface area contributed by atoms with E-state index in [0.717, 1.165) is 0 Å². The van der Waals surface area contributed by atoms with E-state index >= 15 is 0 Å². The van der Waals surface area contributed by atoms with Crippen molar-refractivity contribution in [3.8, 4) is 33.4 Å². The average Bonchev–Trinajstić information content (AvgIpc) is 3.65. The summed E-state index contributed by atoms with van der Waals surface area (Å²) in [5, 5.41) is 0.470. The highest BCUT2D eigenvalue weighted by molar-refractivity contribution is 6.26. The Morgan fingerprint density at radius 2 is 1.00 bits per heavy atom. The second-order valence-corrected chi connectivity index (χ2v) is 9.85. The van der Waals surface area contributed by atoms with Crippen LogP contribution in [0.4, 0.5) is 0 Å². The maximum Gasteiger partial charge on any atom is 0.143 e. The summed E-state index contributed by atoms with van der Waals surface area (Å²) >= 11 is 0. The molecule has 0 atom stereocenters. The molecule has 0 spiro atoms. The normalized spacial score (nSPS) is 17.6. The quantitative estimate of drug-likeness (QED) is 0.195. The van der Waals surface area contributed by atoms with Crippen LogP contribution in [-0.4, -0.2) is 0 Å². The fourth-order valence-corrected chi connectivity index (χ4v) is 5.80. The molecular formula is C42H26O. The molecule has 0 amide bonds. The van der Waals surface area contributed by atoms with Gasteiger partial charge in [0, 0.05) is 21.9 Å². The third kappa shape index (κ3) is 3.65. The van der Waals surface area contributed by atoms with Gasteiger partial charge in [-0.3, -0.25) is 0 Å². The SMILES string of the molecule is [2H]c1c([2H])c([2H])c(-c2c([2H])c(-c3c4ccccc4c(-c4c([2H])c([2H])c([2H])c5c4oc4c([2H])c([2H])c([2H])c([2H])c45)c4ccccc34)c3c([2H])c([2H])c([2H])c([2H])c3c2[2H])c([2H])c1[2H]. The number of para-hydroxylation sites is 2. The van der Waals surface area contributed by atoms with Gasteiger partial charge < -0.3 is 4.42 Å². The molecule has 1 nitrogen and oxygen atoms in total. The second kappa shape index (κ2) is 9.44. The summed E-state index contributed by atoms with van der Waals surface area (Å²) in [7, 11) is 0. The maximum absolute atomic E-state index is 9.86. The van der Waals surface area contributed by atoms with Crippen LogP contribution in [0.1, 0.15) is 24.7 Å². The van der Waals surface area contributed by atoms with Gasteiger partial charge in [0.1, 0.15) is 11.2 Å². The molecule has 0 aliphatic carbocycles. The lowest BCUT2D eigenvalue weighted by Crippen LogP contribution is -1.92. The first-order valence-electron chi connectivity index (χ1n) is 22.3. The van der Waals surface area contributed by atoms with Crippen molar-refractivity contribution in [2.24, 2.45) is 0 Å². The molecule has 200 valence electrons. The largest absolute Gasteiger partial charge is 0.455 e. The third-order valence-corrected chi connectivity index (χ3v) is 7.56. The van der Waals surface area contributed by atoms with Crippen LogP contribution >= 0.6 is 0 Å². The molecule has 9 rings (SSSR count). The number of hydrogen-bond acceptors (Lipinski definition) is 1. The summed E-state index contributed by atoms with van der Waals surface area (Å²) in [6, 6.07) is 2.11. The number of furan rings is 1. The highest BCUT2D eigenvalue weighted by Crippen LogP contribution is 2.48. The summed E-state index contributed by atoms with van der Waals surface area (Å²) in [6.07, 6.45) is 0. The molecule has 1 heterocycles. The molecule has 0 unspecified atom stereocenters. The molecular weight excluding hydrogens is 520 g/mol. The van der Waals surface area contributed by atoms with Crippen molar-refractivity contribution in [3.63, 3.8) is 0 Å². The van der Waals surface area contributed by atoms with Crippen molar-refractivity contribution in [2.45, 2.75) is 0 Å². The van der Waals surface area contributed by atoms with Crippen molar-refractivity contribution >= 4 is 54.3 Å². The molecule has 0 aliphatic rings. The van der Waals surface area contributed by atoms with Gasteiger partial charge in [-0.1, -0.05) is 139 Å². The van der Waals surface area contributed by atoms with Crippen LogP contribution in [-0.2, 0) is 0 Å². The van der Waals surface area contributed by atoms with Crippen LogP contribution in [0.25, 0.3) is 87.6 Å². The van der Waals surface area contributed by atoms with E-state index in [1.807, 2.05) is 0 Å². The maximum atomic E-state index is 9.86. The van der Waals surface area contributed by atoms with Gasteiger partial charge in [-0.15, -0.1) is 0 Å². The standard InChI is InChI=1S/C42H26O/c1-2-13-27(14-3-1)29-25-28-15-4-5-16-30(28)38(26-29)41-34-20-8-6-18-32(34)40(33-19-7-9-21-35(33)41)37-23-12-22-36-31-17-10-11-24-39(31)43-42(36)37/h1-26H/i1D,2D,3D,4D,5D,10D,11D,12D,13D,14D,15D,16D,17D,22D,23D,24D,25D,26D. The highest BCUT2D eigenvalue weighted by Gasteiger charge is 2.21. The first kappa shape index (κ1) is 12.3. The monoisotopic (exact) mass is 564 g/mol. The van der Waals surface area contributed by atoms with Crippen molar-refractivity contribution < 1.29 is 29.1 Å². The lowest BCUT2D eigenvalue weighted by atomic mass is 9.83. The Hall–Kier alpha value is -5.66. The minimum Gasteiger partial charge on any atom is -0.455 e. The Morgan fingerprint density at radius 1 is 0.419 bits per heavy atom. The van der Waals surface area contributed by atoms with E-state index in [1.165, 1.54) is 0 Å². The molecule has 1 aromatic heterocycles. The van der Waals surface area contributed by atoms with Crippen molar-refractivity contribution in [3.05, 3.63) is 157 Å². The van der Waals surface area contributed by atoms with Crippen molar-refractivity contribution in [2.75, 3.05) is 0 Å². The number of benzene rings is 8. The van der Waals surface area contributed by atoms with Crippen LogP contribution < -0.4 is 0 Å². The third-order valence-electron chi connectivity index (χ3n) is 7.56. The second-order valence-electron chi connectivity index (χ2n) is 9.85. The van der Waals surface area contributed by atoms with Gasteiger partial charge in [-0.2, -0.15) is 0 Å². The van der Waals surface area contributed by atoms with E-state index in [2.05, 4.69) is 0 Å². The summed E-state index contributed by atoms with van der Waals surface area (Å²) in [5.74, 6) is 0. The Labute approximate surface area is 274 Å². The summed E-state index contributed by atoms with van der Waals surface area (Å²) in [5.41, 5.74) is -1.12. The van der Waals surface area contributed by atoms with Crippen LogP contribution in [0.5, 0.6) is 0 Å². The molecule has 43 heavy (non-hydrogen) atoms. The van der Waals surface area contributed by atoms with E-state index in [4.69, 9.17) is 23.6 Å². The van der Waals surface area contributed by atoms with Crippen molar-refractivity contribution in [1.82, 2.24) is 0 Å². The Bertz CT molecular complexity index is 3430. The molecule has 0 radical (unpaired) electrons. The zero-order valence-corrected chi connectivity index (χ0v) is 22.0. The fourth-order valence-electron chi connectivity index (χ4n) is 5.80. The van der Waals surface area contributed by atoms with Crippen LogP contribution in [0.2, 0.25) is 0 Å². The van der Waals surface area contributed by atoms with E-state index < -0.39 is 120 Å². The summed E-state index contributed by atoms with van der Waals surface area (Å²) in [4.78, 5) is 0. The van der Waals surface area contributed by atoms with Crippen LogP contribution in [0.15, 0.2) is 162 Å². The predicted molar refractivity (Wildman–Crippen MR) is 183 cm³/mol. The fraction of sp³-hybridized carbons (Fsp3) is 0. The molecule has 1 heteroatoms. The Morgan fingerprint density at radius 3 is 1.72 bits per heavy atom. The van der Waals surface area contributed by atoms with Gasteiger partial charge in [-0.05, 0) is 72.7 Å². The zero-order valence-electron chi connectivity index (χ0n) is 40.0. The number of hydrogen-bond donors (Lipinski definition) is 0. The first-order chi connectivity index (χ1) is 28.8. The van der Waals surface area contributed by atoms with Gasteiger partial charge in [-0.25, -0.2) is 0 Å². The van der Waals surface area contributed by atoms with E-state index in [-0.39, 0.29) is 55.0 Å². The number of fused-ring (bicyclic) bond motifs is 6. The Kier molecular flexibility index (Phi) is 2.70. The summed E-state index contributed by atoms with van der Waals surface area (Å²) in [6.45, 7) is 0. The van der Waals surface area contributed by atoms with Gasteiger partial charge >= 0.3 is 0 Å². The lowest BCUT2D eigenvalue weighted by Gasteiger charge is -2.19. The summed E-state index contributed by atoms with van der Waals surface area (Å²) < 4.78 is 165. The molecule has 0 N–H and O–H groups in total. The van der Waals surface area contributed by atoms with Gasteiger partial charge in [0.15, 0.2) is 0 Å². The highest BCUT2D eigenvalue weighted by atomic mass is 16.3. The van der Waals surface area contributed by atoms with Gasteiger partial charge in [0.05, 0.1) is 24.7 Å². The number of rotatable bonds is 3. The molecule has 0 saturated heterocycles. The predicted octanol–water partition coefficient (Wildman–Crippen LogP) is 12.0. The van der Waals surface area contributed by atoms with Gasteiger partial charge in [0.25, 0.3) is 0 Å². The molecule has 8 aromatic carbocycles. The van der Waals surface area contributed by atoms with Crippen LogP contribution in [0, 0.1) is 0 Å². The molecule has 9 aromatic rings. The van der Waals surface area contributed by atoms with Crippen molar-refractivity contribution in [1.29, 1.82) is 0 Å². The molecule has 0 bridgehead atoms. The minimum atomic E-state index is -0.741. The topological polar surface area (TPSA) is 13.1 Å². The van der Waals surface area contributed by atoms with E-state index in [9.17, 15) is 5.48 Å².